The third kappa shape index (κ3) is 3.38. The zero-order valence-electron chi connectivity index (χ0n) is 15.3. The van der Waals surface area contributed by atoms with Crippen molar-refractivity contribution in [2.24, 2.45) is 0 Å². The van der Waals surface area contributed by atoms with Crippen molar-refractivity contribution in [3.63, 3.8) is 0 Å². The van der Waals surface area contributed by atoms with E-state index in [1.54, 1.807) is 4.52 Å². The lowest BCUT2D eigenvalue weighted by molar-refractivity contribution is -0.144. The smallest absolute Gasteiger partial charge is 0.306 e. The predicted molar refractivity (Wildman–Crippen MR) is 102 cm³/mol. The first kappa shape index (κ1) is 17.1. The van der Waals surface area contributed by atoms with Crippen LogP contribution in [0.1, 0.15) is 28.9 Å². The molecule has 4 aromatic rings. The maximum Gasteiger partial charge on any atom is 0.306 e. The van der Waals surface area contributed by atoms with E-state index < -0.39 is 0 Å². The van der Waals surface area contributed by atoms with Gasteiger partial charge in [0.25, 0.3) is 5.78 Å². The Morgan fingerprint density at radius 1 is 1.11 bits per heavy atom. The van der Waals surface area contributed by atoms with Gasteiger partial charge in [-0.25, -0.2) is 9.50 Å². The van der Waals surface area contributed by atoms with Crippen molar-refractivity contribution in [1.29, 1.82) is 0 Å². The first-order valence-electron chi connectivity index (χ1n) is 8.91. The lowest BCUT2D eigenvalue weighted by Gasteiger charge is -2.11. The van der Waals surface area contributed by atoms with E-state index in [-0.39, 0.29) is 12.6 Å². The molecule has 0 aliphatic heterocycles. The van der Waals surface area contributed by atoms with Crippen molar-refractivity contribution in [1.82, 2.24) is 19.6 Å². The van der Waals surface area contributed by atoms with Gasteiger partial charge in [-0.15, -0.1) is 0 Å². The third-order valence-electron chi connectivity index (χ3n) is 4.84. The lowest BCUT2D eigenvalue weighted by atomic mass is 10.1. The molecule has 0 aliphatic rings. The summed E-state index contributed by atoms with van der Waals surface area (Å²) in [6.45, 7) is 4.17. The predicted octanol–water partition coefficient (Wildman–Crippen LogP) is 3.57. The number of esters is 1. The number of aromatic nitrogens is 4. The van der Waals surface area contributed by atoms with Crippen molar-refractivity contribution in [3.8, 4) is 0 Å². The summed E-state index contributed by atoms with van der Waals surface area (Å²) >= 11 is 0. The van der Waals surface area contributed by atoms with Gasteiger partial charge >= 0.3 is 5.97 Å². The molecule has 0 bridgehead atoms. The van der Waals surface area contributed by atoms with E-state index in [0.717, 1.165) is 33.3 Å². The number of benzene rings is 2. The summed E-state index contributed by atoms with van der Waals surface area (Å²) < 4.78 is 7.21. The molecule has 2 heterocycles. The molecular formula is C21H20N4O2. The summed E-state index contributed by atoms with van der Waals surface area (Å²) in [5, 5.41) is 6.43. The highest BCUT2D eigenvalue weighted by atomic mass is 16.5. The van der Waals surface area contributed by atoms with Gasteiger partial charge < -0.3 is 4.74 Å². The van der Waals surface area contributed by atoms with Gasteiger partial charge in [-0.05, 0) is 42.2 Å². The van der Waals surface area contributed by atoms with Crippen LogP contribution >= 0.6 is 0 Å². The molecule has 136 valence electrons. The summed E-state index contributed by atoms with van der Waals surface area (Å²) in [7, 11) is 0. The second-order valence-corrected chi connectivity index (χ2v) is 6.53. The molecule has 2 aromatic heterocycles. The average Bonchev–Trinajstić information content (AvgIpc) is 3.14. The minimum absolute atomic E-state index is 0.222. The maximum atomic E-state index is 12.3. The van der Waals surface area contributed by atoms with Gasteiger partial charge in [0.1, 0.15) is 12.9 Å². The number of hydrogen-bond donors (Lipinski definition) is 0. The molecule has 0 atom stereocenters. The molecule has 0 aliphatic carbocycles. The molecule has 6 heteroatoms. The van der Waals surface area contributed by atoms with Gasteiger partial charge in [0.2, 0.25) is 0 Å². The Bertz CT molecular complexity index is 1130. The summed E-state index contributed by atoms with van der Waals surface area (Å²) in [4.78, 5) is 20.8. The van der Waals surface area contributed by atoms with Crippen LogP contribution in [-0.4, -0.2) is 25.6 Å². The van der Waals surface area contributed by atoms with Crippen LogP contribution in [0.2, 0.25) is 0 Å². The van der Waals surface area contributed by atoms with E-state index >= 15 is 0 Å². The van der Waals surface area contributed by atoms with Crippen LogP contribution in [0.25, 0.3) is 16.6 Å². The van der Waals surface area contributed by atoms with Gasteiger partial charge in [0.05, 0.1) is 0 Å². The molecule has 6 nitrogen and oxygen atoms in total. The molecule has 0 fully saturated rings. The van der Waals surface area contributed by atoms with Crippen LogP contribution in [0.4, 0.5) is 0 Å². The molecule has 0 spiro atoms. The number of fused-ring (bicyclic) bond motifs is 2. The standard InChI is InChI=1S/C21H20N4O2/c1-14-18(15(2)25-21(24-14)22-13-23-25)10-11-20(26)27-12-17-8-5-7-16-6-3-4-9-19(16)17/h3-9,13H,10-12H2,1-2H3. The van der Waals surface area contributed by atoms with Crippen LogP contribution < -0.4 is 0 Å². The first-order valence-corrected chi connectivity index (χ1v) is 8.91. The van der Waals surface area contributed by atoms with E-state index in [2.05, 4.69) is 27.2 Å². The van der Waals surface area contributed by atoms with E-state index in [0.29, 0.717) is 18.6 Å². The maximum absolute atomic E-state index is 12.3. The monoisotopic (exact) mass is 360 g/mol. The van der Waals surface area contributed by atoms with Crippen LogP contribution in [0, 0.1) is 13.8 Å². The molecule has 0 unspecified atom stereocenters. The summed E-state index contributed by atoms with van der Waals surface area (Å²) in [6.07, 6.45) is 2.35. The molecule has 0 radical (unpaired) electrons. The molecule has 4 rings (SSSR count). The summed E-state index contributed by atoms with van der Waals surface area (Å²) in [5.41, 5.74) is 3.85. The highest BCUT2D eigenvalue weighted by Gasteiger charge is 2.13. The Morgan fingerprint density at radius 2 is 1.93 bits per heavy atom. The number of ether oxygens (including phenoxy) is 1. The Morgan fingerprint density at radius 3 is 2.81 bits per heavy atom. The van der Waals surface area contributed by atoms with Gasteiger partial charge in [-0.1, -0.05) is 42.5 Å². The van der Waals surface area contributed by atoms with E-state index in [9.17, 15) is 4.79 Å². The van der Waals surface area contributed by atoms with E-state index in [1.165, 1.54) is 6.33 Å². The zero-order chi connectivity index (χ0) is 18.8. The Balaban J connectivity index is 1.43. The largest absolute Gasteiger partial charge is 0.461 e. The summed E-state index contributed by atoms with van der Waals surface area (Å²) in [6, 6.07) is 14.1. The van der Waals surface area contributed by atoms with Crippen LogP contribution in [0.15, 0.2) is 48.8 Å². The van der Waals surface area contributed by atoms with Gasteiger partial charge in [0.15, 0.2) is 0 Å². The zero-order valence-corrected chi connectivity index (χ0v) is 15.3. The average molecular weight is 360 g/mol. The second-order valence-electron chi connectivity index (χ2n) is 6.53. The Kier molecular flexibility index (Phi) is 4.54. The van der Waals surface area contributed by atoms with E-state index in [1.807, 2.05) is 44.2 Å². The number of carbonyl (C=O) groups is 1. The third-order valence-corrected chi connectivity index (χ3v) is 4.84. The van der Waals surface area contributed by atoms with Gasteiger partial charge in [-0.2, -0.15) is 10.1 Å². The fraction of sp³-hybridized carbons (Fsp3) is 0.238. The fourth-order valence-corrected chi connectivity index (χ4v) is 3.39. The highest BCUT2D eigenvalue weighted by molar-refractivity contribution is 5.85. The topological polar surface area (TPSA) is 69.4 Å². The van der Waals surface area contributed by atoms with Crippen molar-refractivity contribution in [2.45, 2.75) is 33.3 Å². The van der Waals surface area contributed by atoms with Gasteiger partial charge in [0, 0.05) is 17.8 Å². The molecule has 0 N–H and O–H groups in total. The van der Waals surface area contributed by atoms with Crippen LogP contribution in [0.5, 0.6) is 0 Å². The van der Waals surface area contributed by atoms with E-state index in [4.69, 9.17) is 4.74 Å². The lowest BCUT2D eigenvalue weighted by Crippen LogP contribution is -2.10. The normalized spacial score (nSPS) is 11.2. The van der Waals surface area contributed by atoms with Gasteiger partial charge in [-0.3, -0.25) is 4.79 Å². The van der Waals surface area contributed by atoms with Crippen molar-refractivity contribution in [2.75, 3.05) is 0 Å². The molecular weight excluding hydrogens is 340 g/mol. The number of hydrogen-bond acceptors (Lipinski definition) is 5. The second kappa shape index (κ2) is 7.15. The fourth-order valence-electron chi connectivity index (χ4n) is 3.39. The molecule has 0 amide bonds. The minimum atomic E-state index is -0.222. The Hall–Kier alpha value is -3.28. The molecule has 0 saturated heterocycles. The molecule has 27 heavy (non-hydrogen) atoms. The number of rotatable bonds is 5. The summed E-state index contributed by atoms with van der Waals surface area (Å²) in [5.74, 6) is 0.354. The van der Waals surface area contributed by atoms with Crippen molar-refractivity contribution < 1.29 is 9.53 Å². The molecule has 0 saturated carbocycles. The number of nitrogens with zero attached hydrogens (tertiary/aromatic N) is 4. The first-order chi connectivity index (χ1) is 13.1. The van der Waals surface area contributed by atoms with Crippen LogP contribution in [0.3, 0.4) is 0 Å². The number of carbonyl (C=O) groups excluding carboxylic acids is 1. The van der Waals surface area contributed by atoms with Crippen molar-refractivity contribution in [3.05, 3.63) is 71.3 Å². The van der Waals surface area contributed by atoms with Crippen molar-refractivity contribution >= 4 is 22.5 Å². The molecule has 2 aromatic carbocycles. The minimum Gasteiger partial charge on any atom is -0.461 e. The Labute approximate surface area is 156 Å². The SMILES string of the molecule is Cc1nc2ncnn2c(C)c1CCC(=O)OCc1cccc2ccccc12. The number of aryl methyl sites for hydroxylation is 2. The highest BCUT2D eigenvalue weighted by Crippen LogP contribution is 2.20. The van der Waals surface area contributed by atoms with Crippen LogP contribution in [-0.2, 0) is 22.6 Å². The quantitative estimate of drug-likeness (QED) is 0.509.